The van der Waals surface area contributed by atoms with Crippen molar-refractivity contribution in [3.63, 3.8) is 0 Å². The van der Waals surface area contributed by atoms with E-state index in [2.05, 4.69) is 41.5 Å². The quantitative estimate of drug-likeness (QED) is 0.915. The van der Waals surface area contributed by atoms with Crippen LogP contribution in [-0.2, 0) is 4.79 Å². The number of nitrogens with zero attached hydrogens (tertiary/aromatic N) is 1. The largest absolute Gasteiger partial charge is 0.353 e. The van der Waals surface area contributed by atoms with Crippen molar-refractivity contribution in [3.8, 4) is 0 Å². The van der Waals surface area contributed by atoms with Gasteiger partial charge in [-0.2, -0.15) is 0 Å². The van der Waals surface area contributed by atoms with E-state index in [0.29, 0.717) is 12.5 Å². The second-order valence-electron chi connectivity index (χ2n) is 6.72. The minimum absolute atomic E-state index is 0.110. The number of benzene rings is 2. The second kappa shape index (κ2) is 8.11. The number of rotatable bonds is 5. The molecule has 1 amide bonds. The zero-order valence-electron chi connectivity index (χ0n) is 14.3. The van der Waals surface area contributed by atoms with Gasteiger partial charge in [0.05, 0.1) is 0 Å². The van der Waals surface area contributed by atoms with Gasteiger partial charge in [-0.05, 0) is 44.1 Å². The van der Waals surface area contributed by atoms with Crippen molar-refractivity contribution in [2.75, 3.05) is 20.1 Å². The molecule has 0 bridgehead atoms. The molecule has 24 heavy (non-hydrogen) atoms. The van der Waals surface area contributed by atoms with Gasteiger partial charge in [-0.1, -0.05) is 60.7 Å². The summed E-state index contributed by atoms with van der Waals surface area (Å²) in [7, 11) is 2.14. The van der Waals surface area contributed by atoms with E-state index in [0.717, 1.165) is 25.9 Å². The van der Waals surface area contributed by atoms with Crippen molar-refractivity contribution >= 4 is 5.91 Å². The number of hydrogen-bond donors (Lipinski definition) is 1. The third-order valence-electron chi connectivity index (χ3n) is 4.88. The molecule has 0 spiro atoms. The normalized spacial score (nSPS) is 16.2. The summed E-state index contributed by atoms with van der Waals surface area (Å²) in [5.41, 5.74) is 2.39. The van der Waals surface area contributed by atoms with Gasteiger partial charge in [0, 0.05) is 18.4 Å². The number of carbonyl (C=O) groups is 1. The molecule has 2 aromatic carbocycles. The molecule has 0 saturated carbocycles. The summed E-state index contributed by atoms with van der Waals surface area (Å²) >= 11 is 0. The molecule has 126 valence electrons. The highest BCUT2D eigenvalue weighted by Gasteiger charge is 2.22. The van der Waals surface area contributed by atoms with E-state index >= 15 is 0 Å². The lowest BCUT2D eigenvalue weighted by molar-refractivity contribution is -0.122. The minimum Gasteiger partial charge on any atom is -0.353 e. The fraction of sp³-hybridized carbons (Fsp3) is 0.381. The van der Waals surface area contributed by atoms with Crippen molar-refractivity contribution < 1.29 is 4.79 Å². The van der Waals surface area contributed by atoms with Crippen LogP contribution in [0.2, 0.25) is 0 Å². The molecule has 0 aliphatic carbocycles. The predicted molar refractivity (Wildman–Crippen MR) is 98.0 cm³/mol. The van der Waals surface area contributed by atoms with E-state index < -0.39 is 0 Å². The van der Waals surface area contributed by atoms with Crippen LogP contribution in [-0.4, -0.2) is 37.0 Å². The Kier molecular flexibility index (Phi) is 5.65. The molecule has 0 atom stereocenters. The Bertz CT molecular complexity index is 594. The van der Waals surface area contributed by atoms with Gasteiger partial charge in [0.15, 0.2) is 0 Å². The monoisotopic (exact) mass is 322 g/mol. The third kappa shape index (κ3) is 4.45. The Morgan fingerprint density at radius 1 is 1.00 bits per heavy atom. The van der Waals surface area contributed by atoms with Crippen LogP contribution in [0.5, 0.6) is 0 Å². The number of piperidine rings is 1. The van der Waals surface area contributed by atoms with Crippen LogP contribution in [0.3, 0.4) is 0 Å². The van der Waals surface area contributed by atoms with Gasteiger partial charge in [-0.3, -0.25) is 4.79 Å². The average molecular weight is 322 g/mol. The van der Waals surface area contributed by atoms with Gasteiger partial charge in [0.25, 0.3) is 0 Å². The van der Waals surface area contributed by atoms with Gasteiger partial charge in [0.1, 0.15) is 0 Å². The molecule has 2 aromatic rings. The van der Waals surface area contributed by atoms with Crippen LogP contribution in [0.4, 0.5) is 0 Å². The van der Waals surface area contributed by atoms with E-state index in [1.165, 1.54) is 11.1 Å². The zero-order chi connectivity index (χ0) is 16.8. The summed E-state index contributed by atoms with van der Waals surface area (Å²) < 4.78 is 0. The van der Waals surface area contributed by atoms with Crippen molar-refractivity contribution in [1.82, 2.24) is 10.2 Å². The lowest BCUT2D eigenvalue weighted by Gasteiger charge is -2.30. The van der Waals surface area contributed by atoms with E-state index in [1.54, 1.807) is 0 Å². The Hall–Kier alpha value is -2.13. The molecule has 1 aliphatic heterocycles. The lowest BCUT2D eigenvalue weighted by Crippen LogP contribution is -2.43. The Morgan fingerprint density at radius 3 is 2.00 bits per heavy atom. The maximum Gasteiger partial charge on any atom is 0.221 e. The van der Waals surface area contributed by atoms with Gasteiger partial charge in [-0.25, -0.2) is 0 Å². The van der Waals surface area contributed by atoms with Gasteiger partial charge >= 0.3 is 0 Å². The minimum atomic E-state index is 0.110. The summed E-state index contributed by atoms with van der Waals surface area (Å²) in [6.07, 6.45) is 2.59. The molecule has 3 heteroatoms. The predicted octanol–water partition coefficient (Wildman–Crippen LogP) is 3.42. The van der Waals surface area contributed by atoms with Crippen LogP contribution < -0.4 is 5.32 Å². The molecule has 0 radical (unpaired) electrons. The molecule has 3 nitrogen and oxygen atoms in total. The maximum absolute atomic E-state index is 12.6. The molecule has 0 aromatic heterocycles. The van der Waals surface area contributed by atoms with Gasteiger partial charge in [-0.15, -0.1) is 0 Å². The average Bonchev–Trinajstić information content (AvgIpc) is 2.63. The zero-order valence-corrected chi connectivity index (χ0v) is 14.3. The topological polar surface area (TPSA) is 32.3 Å². The lowest BCUT2D eigenvalue weighted by atomic mass is 9.88. The fourth-order valence-electron chi connectivity index (χ4n) is 3.42. The molecule has 3 rings (SSSR count). The van der Waals surface area contributed by atoms with Crippen LogP contribution in [0.1, 0.15) is 36.3 Å². The molecule has 1 heterocycles. The maximum atomic E-state index is 12.6. The Labute approximate surface area is 144 Å². The molecular weight excluding hydrogens is 296 g/mol. The Morgan fingerprint density at radius 2 is 1.50 bits per heavy atom. The standard InChI is InChI=1S/C21H26N2O/c1-23-14-12-19(13-15-23)22-21(24)16-20(17-8-4-2-5-9-17)18-10-6-3-7-11-18/h2-11,19-20H,12-16H2,1H3,(H,22,24). The molecule has 1 aliphatic rings. The van der Waals surface area contributed by atoms with E-state index in [4.69, 9.17) is 0 Å². The first-order valence-corrected chi connectivity index (χ1v) is 8.80. The molecule has 1 saturated heterocycles. The van der Waals surface area contributed by atoms with Crippen molar-refractivity contribution in [2.45, 2.75) is 31.2 Å². The smallest absolute Gasteiger partial charge is 0.221 e. The summed E-state index contributed by atoms with van der Waals surface area (Å²) in [5.74, 6) is 0.265. The summed E-state index contributed by atoms with van der Waals surface area (Å²) in [6, 6.07) is 21.0. The Balaban J connectivity index is 1.69. The van der Waals surface area contributed by atoms with E-state index in [-0.39, 0.29) is 11.8 Å². The van der Waals surface area contributed by atoms with Crippen molar-refractivity contribution in [2.24, 2.45) is 0 Å². The second-order valence-corrected chi connectivity index (χ2v) is 6.72. The van der Waals surface area contributed by atoms with Crippen LogP contribution >= 0.6 is 0 Å². The molecule has 1 fully saturated rings. The highest BCUT2D eigenvalue weighted by molar-refractivity contribution is 5.78. The first-order chi connectivity index (χ1) is 11.7. The van der Waals surface area contributed by atoms with Gasteiger partial charge < -0.3 is 10.2 Å². The van der Waals surface area contributed by atoms with Crippen molar-refractivity contribution in [1.29, 1.82) is 0 Å². The summed E-state index contributed by atoms with van der Waals surface area (Å²) in [6.45, 7) is 2.12. The SMILES string of the molecule is CN1CCC(NC(=O)CC(c2ccccc2)c2ccccc2)CC1. The highest BCUT2D eigenvalue weighted by atomic mass is 16.1. The van der Waals surface area contributed by atoms with Crippen LogP contribution in [0.15, 0.2) is 60.7 Å². The molecule has 1 N–H and O–H groups in total. The number of amides is 1. The van der Waals surface area contributed by atoms with E-state index in [1.807, 2.05) is 36.4 Å². The number of nitrogens with one attached hydrogen (secondary N) is 1. The highest BCUT2D eigenvalue weighted by Crippen LogP contribution is 2.28. The summed E-state index contributed by atoms with van der Waals surface area (Å²) in [4.78, 5) is 14.9. The number of likely N-dealkylation sites (tertiary alicyclic amines) is 1. The summed E-state index contributed by atoms with van der Waals surface area (Å²) in [5, 5.41) is 3.24. The van der Waals surface area contributed by atoms with Crippen LogP contribution in [0, 0.1) is 0 Å². The number of hydrogen-bond acceptors (Lipinski definition) is 2. The first-order valence-electron chi connectivity index (χ1n) is 8.80. The fourth-order valence-corrected chi connectivity index (χ4v) is 3.42. The van der Waals surface area contributed by atoms with E-state index in [9.17, 15) is 4.79 Å². The molecular formula is C21H26N2O. The van der Waals surface area contributed by atoms with Gasteiger partial charge in [0.2, 0.25) is 5.91 Å². The first kappa shape index (κ1) is 16.7. The van der Waals surface area contributed by atoms with Crippen LogP contribution in [0.25, 0.3) is 0 Å². The third-order valence-corrected chi connectivity index (χ3v) is 4.88. The molecule has 0 unspecified atom stereocenters. The number of carbonyl (C=O) groups excluding carboxylic acids is 1. The van der Waals surface area contributed by atoms with Crippen molar-refractivity contribution in [3.05, 3.63) is 71.8 Å².